The van der Waals surface area contributed by atoms with E-state index in [1.165, 1.54) is 6.07 Å². The molecule has 5 aliphatic rings. The lowest BCUT2D eigenvalue weighted by Crippen LogP contribution is -2.45. The largest absolute Gasteiger partial charge is 0.506 e. The minimum Gasteiger partial charge on any atom is -0.506 e. The Morgan fingerprint density at radius 3 is 1.74 bits per heavy atom. The number of hydrogen-bond donors (Lipinski definition) is 2. The van der Waals surface area contributed by atoms with Gasteiger partial charge in [-0.3, -0.25) is 19.2 Å². The van der Waals surface area contributed by atoms with Crippen molar-refractivity contribution in [2.75, 3.05) is 4.90 Å². The van der Waals surface area contributed by atoms with Gasteiger partial charge in [0.25, 0.3) is 0 Å². The van der Waals surface area contributed by atoms with E-state index in [9.17, 15) is 29.4 Å². The van der Waals surface area contributed by atoms with Crippen LogP contribution in [0.2, 0.25) is 0 Å². The summed E-state index contributed by atoms with van der Waals surface area (Å²) >= 11 is 0. The molecule has 1 aromatic rings. The SMILES string of the molecule is CC1C(=O)N(c2cc3c(cc2O)[C@H]2C=C(N4C(=O)C5C(C)C(C)C5C4=O)C(O)=CC32)C(=O)C1C. The Morgan fingerprint density at radius 1 is 0.676 bits per heavy atom. The number of carbonyl (C=O) groups excluding carboxylic acids is 4. The van der Waals surface area contributed by atoms with E-state index in [-0.39, 0.29) is 82.0 Å². The number of aliphatic hydroxyl groups excluding tert-OH is 1. The summed E-state index contributed by atoms with van der Waals surface area (Å²) in [6.45, 7) is 7.34. The van der Waals surface area contributed by atoms with Gasteiger partial charge in [0.2, 0.25) is 23.6 Å². The van der Waals surface area contributed by atoms with Gasteiger partial charge >= 0.3 is 0 Å². The number of carbonyl (C=O) groups is 4. The van der Waals surface area contributed by atoms with E-state index in [4.69, 9.17) is 0 Å². The van der Waals surface area contributed by atoms with Gasteiger partial charge in [-0.2, -0.15) is 0 Å². The number of aliphatic hydroxyl groups is 1. The fraction of sp³-hybridized carbons (Fsp3) is 0.462. The van der Waals surface area contributed by atoms with Crippen molar-refractivity contribution in [3.05, 3.63) is 46.9 Å². The molecule has 8 nitrogen and oxygen atoms in total. The maximum atomic E-state index is 13.0. The second kappa shape index (κ2) is 6.58. The van der Waals surface area contributed by atoms with Crippen molar-refractivity contribution in [3.8, 4) is 5.75 Å². The third-order valence-electron chi connectivity index (χ3n) is 9.03. The number of phenols is 1. The molecule has 8 atom stereocenters. The first-order valence-electron chi connectivity index (χ1n) is 11.8. The van der Waals surface area contributed by atoms with Gasteiger partial charge in [0, 0.05) is 23.7 Å². The summed E-state index contributed by atoms with van der Waals surface area (Å²) in [7, 11) is 0. The molecule has 3 fully saturated rings. The number of hydrogen-bond acceptors (Lipinski definition) is 6. The molecular formula is C26H26N2O6. The van der Waals surface area contributed by atoms with E-state index >= 15 is 0 Å². The third kappa shape index (κ3) is 2.33. The smallest absolute Gasteiger partial charge is 0.238 e. The van der Waals surface area contributed by atoms with Gasteiger partial charge in [0.15, 0.2) is 0 Å². The molecule has 3 aliphatic carbocycles. The van der Waals surface area contributed by atoms with Gasteiger partial charge in [-0.15, -0.1) is 0 Å². The lowest BCUT2D eigenvalue weighted by atomic mass is 9.59. The van der Waals surface area contributed by atoms with Crippen LogP contribution in [-0.4, -0.2) is 38.7 Å². The zero-order valence-electron chi connectivity index (χ0n) is 19.4. The molecule has 1 saturated carbocycles. The molecule has 34 heavy (non-hydrogen) atoms. The highest BCUT2D eigenvalue weighted by Gasteiger charge is 2.62. The summed E-state index contributed by atoms with van der Waals surface area (Å²) in [5, 5.41) is 21.5. The van der Waals surface area contributed by atoms with Crippen LogP contribution in [0.1, 0.15) is 50.7 Å². The summed E-state index contributed by atoms with van der Waals surface area (Å²) < 4.78 is 0. The van der Waals surface area contributed by atoms with E-state index in [1.807, 2.05) is 13.8 Å². The molecule has 8 heteroatoms. The molecule has 2 N–H and O–H groups in total. The molecule has 2 heterocycles. The Bertz CT molecular complexity index is 1230. The summed E-state index contributed by atoms with van der Waals surface area (Å²) in [4.78, 5) is 53.5. The van der Waals surface area contributed by atoms with E-state index in [1.54, 1.807) is 32.1 Å². The van der Waals surface area contributed by atoms with Crippen LogP contribution in [0.5, 0.6) is 5.75 Å². The second-order valence-corrected chi connectivity index (χ2v) is 10.5. The van der Waals surface area contributed by atoms with Crippen molar-refractivity contribution >= 4 is 29.3 Å². The lowest BCUT2D eigenvalue weighted by Gasteiger charge is -2.41. The topological polar surface area (TPSA) is 115 Å². The fourth-order valence-corrected chi connectivity index (χ4v) is 6.49. The van der Waals surface area contributed by atoms with Gasteiger partial charge in [-0.1, -0.05) is 27.7 Å². The number of likely N-dealkylation sites (tertiary alicyclic amines) is 1. The normalized spacial score (nSPS) is 38.1. The van der Waals surface area contributed by atoms with Crippen LogP contribution >= 0.6 is 0 Å². The molecule has 1 aromatic carbocycles. The molecule has 2 saturated heterocycles. The molecule has 7 unspecified atom stereocenters. The minimum atomic E-state index is -0.467. The molecule has 0 aromatic heterocycles. The van der Waals surface area contributed by atoms with Crippen LogP contribution in [-0.2, 0) is 19.2 Å². The van der Waals surface area contributed by atoms with Crippen molar-refractivity contribution in [1.82, 2.24) is 4.90 Å². The lowest BCUT2D eigenvalue weighted by molar-refractivity contribution is -0.137. The average molecular weight is 463 g/mol. The monoisotopic (exact) mass is 462 g/mol. The molecule has 0 radical (unpaired) electrons. The first-order chi connectivity index (χ1) is 16.0. The van der Waals surface area contributed by atoms with Crippen molar-refractivity contribution in [1.29, 1.82) is 0 Å². The Hall–Kier alpha value is -3.42. The van der Waals surface area contributed by atoms with Crippen LogP contribution in [0.15, 0.2) is 35.7 Å². The Balaban J connectivity index is 1.35. The van der Waals surface area contributed by atoms with E-state index in [0.717, 1.165) is 20.9 Å². The molecule has 2 aliphatic heterocycles. The third-order valence-corrected chi connectivity index (χ3v) is 9.03. The number of fused-ring (bicyclic) bond motifs is 5. The Morgan fingerprint density at radius 2 is 1.18 bits per heavy atom. The van der Waals surface area contributed by atoms with Crippen molar-refractivity contribution < 1.29 is 29.4 Å². The molecule has 0 spiro atoms. The van der Waals surface area contributed by atoms with Crippen LogP contribution in [0.4, 0.5) is 5.69 Å². The number of aromatic hydroxyl groups is 1. The maximum absolute atomic E-state index is 13.0. The zero-order valence-corrected chi connectivity index (χ0v) is 19.4. The summed E-state index contributed by atoms with van der Waals surface area (Å²) in [5.41, 5.74) is 1.91. The average Bonchev–Trinajstić information content (AvgIpc) is 3.15. The van der Waals surface area contributed by atoms with Gasteiger partial charge in [-0.05, 0) is 47.2 Å². The van der Waals surface area contributed by atoms with Gasteiger partial charge in [0.05, 0.1) is 23.2 Å². The van der Waals surface area contributed by atoms with Crippen molar-refractivity contribution in [3.63, 3.8) is 0 Å². The highest BCUT2D eigenvalue weighted by molar-refractivity contribution is 6.22. The number of anilines is 1. The van der Waals surface area contributed by atoms with Crippen LogP contribution in [0.25, 0.3) is 0 Å². The van der Waals surface area contributed by atoms with Crippen LogP contribution < -0.4 is 4.90 Å². The maximum Gasteiger partial charge on any atom is 0.238 e. The van der Waals surface area contributed by atoms with Crippen molar-refractivity contribution in [2.45, 2.75) is 39.5 Å². The number of benzene rings is 1. The van der Waals surface area contributed by atoms with Gasteiger partial charge < -0.3 is 10.2 Å². The number of phenolic OH excluding ortho intramolecular Hbond substituents is 1. The fourth-order valence-electron chi connectivity index (χ4n) is 6.49. The second-order valence-electron chi connectivity index (χ2n) is 10.5. The van der Waals surface area contributed by atoms with E-state index in [2.05, 4.69) is 0 Å². The summed E-state index contributed by atoms with van der Waals surface area (Å²) in [5.74, 6) is -3.40. The first kappa shape index (κ1) is 21.1. The Labute approximate surface area is 196 Å². The molecular weight excluding hydrogens is 436 g/mol. The number of rotatable bonds is 2. The number of nitrogens with zero attached hydrogens (tertiary/aromatic N) is 2. The number of amides is 4. The molecule has 176 valence electrons. The standard InChI is InChI=1S/C26H26N2O6/c1-9-10(2)22-21(9)25(33)28(26(22)34)18-6-14-15-7-19(29)17(5-13(15)16(14)8-20(18)30)27-23(31)11(3)12(4)24(27)32/h5-12,14,16,21-22,29-30H,1-4H3/t9?,10?,11?,12?,14-,16?,21?,22?/m1/s1. The highest BCUT2D eigenvalue weighted by Crippen LogP contribution is 2.57. The first-order valence-corrected chi connectivity index (χ1v) is 11.8. The predicted octanol–water partition coefficient (Wildman–Crippen LogP) is 2.94. The summed E-state index contributed by atoms with van der Waals surface area (Å²) in [6.07, 6.45) is 3.32. The summed E-state index contributed by atoms with van der Waals surface area (Å²) in [6, 6.07) is 3.16. The Kier molecular flexibility index (Phi) is 4.09. The van der Waals surface area contributed by atoms with Crippen LogP contribution in [0.3, 0.4) is 0 Å². The number of allylic oxidation sites excluding steroid dienone is 2. The molecule has 0 bridgehead atoms. The quantitative estimate of drug-likeness (QED) is 0.653. The molecule has 6 rings (SSSR count). The number of imide groups is 2. The van der Waals surface area contributed by atoms with E-state index in [0.29, 0.717) is 0 Å². The highest BCUT2D eigenvalue weighted by atomic mass is 16.3. The minimum absolute atomic E-state index is 0.121. The van der Waals surface area contributed by atoms with E-state index < -0.39 is 11.8 Å². The zero-order chi connectivity index (χ0) is 24.4. The van der Waals surface area contributed by atoms with Crippen molar-refractivity contribution in [2.24, 2.45) is 35.5 Å². The molecule has 4 amide bonds. The van der Waals surface area contributed by atoms with Gasteiger partial charge in [-0.25, -0.2) is 9.80 Å². The van der Waals surface area contributed by atoms with Crippen LogP contribution in [0, 0.1) is 35.5 Å². The van der Waals surface area contributed by atoms with Gasteiger partial charge in [0.1, 0.15) is 11.5 Å². The predicted molar refractivity (Wildman–Crippen MR) is 120 cm³/mol.